The van der Waals surface area contributed by atoms with Crippen molar-refractivity contribution in [2.24, 2.45) is 0 Å². The van der Waals surface area contributed by atoms with Crippen molar-refractivity contribution >= 4 is 29.0 Å². The Bertz CT molecular complexity index is 477. The van der Waals surface area contributed by atoms with Gasteiger partial charge in [0, 0.05) is 5.56 Å². The number of halogens is 2. The Labute approximate surface area is 84.5 Å². The van der Waals surface area contributed by atoms with E-state index in [4.69, 9.17) is 23.2 Å². The lowest BCUT2D eigenvalue weighted by molar-refractivity contribution is 0.908. The molecule has 0 radical (unpaired) electrons. The van der Waals surface area contributed by atoms with E-state index in [0.717, 1.165) is 0 Å². The second-order valence-corrected chi connectivity index (χ2v) is 3.41. The average Bonchev–Trinajstić information content (AvgIpc) is 2.42. The molecule has 0 aliphatic rings. The van der Waals surface area contributed by atoms with Crippen LogP contribution < -0.4 is 0 Å². The third kappa shape index (κ3) is 1.26. The molecule has 0 unspecified atom stereocenters. The molecule has 2 rings (SSSR count). The fourth-order valence-corrected chi connectivity index (χ4v) is 1.44. The Morgan fingerprint density at radius 3 is 2.54 bits per heavy atom. The Morgan fingerprint density at radius 2 is 1.85 bits per heavy atom. The summed E-state index contributed by atoms with van der Waals surface area (Å²) in [7, 11) is 0. The number of rotatable bonds is 0. The summed E-state index contributed by atoms with van der Waals surface area (Å²) in [6.07, 6.45) is 0. The smallest absolute Gasteiger partial charge is 0.199 e. The lowest BCUT2D eigenvalue weighted by Crippen LogP contribution is -1.96. The molecule has 0 spiro atoms. The van der Waals surface area contributed by atoms with Crippen LogP contribution in [0.25, 0.3) is 5.78 Å². The summed E-state index contributed by atoms with van der Waals surface area (Å²) < 4.78 is 1.47. The molecule has 68 valence electrons. The molecular formula is C7H6Cl2N4. The van der Waals surface area contributed by atoms with Gasteiger partial charge in [0.25, 0.3) is 5.78 Å². The summed E-state index contributed by atoms with van der Waals surface area (Å²) in [4.78, 5) is 8.07. The van der Waals surface area contributed by atoms with Crippen LogP contribution in [0.4, 0.5) is 0 Å². The first-order chi connectivity index (χ1) is 6.09. The minimum Gasteiger partial charge on any atom is -0.199 e. The van der Waals surface area contributed by atoms with Gasteiger partial charge in [-0.3, -0.25) is 0 Å². The van der Waals surface area contributed by atoms with Crippen LogP contribution in [-0.2, 0) is 0 Å². The maximum absolute atomic E-state index is 5.98. The molecule has 0 atom stereocenters. The van der Waals surface area contributed by atoms with Crippen molar-refractivity contribution < 1.29 is 0 Å². The summed E-state index contributed by atoms with van der Waals surface area (Å²) >= 11 is 11.8. The summed E-state index contributed by atoms with van der Waals surface area (Å²) in [6.45, 7) is 3.56. The molecule has 0 amide bonds. The van der Waals surface area contributed by atoms with Crippen LogP contribution in [0.15, 0.2) is 0 Å². The molecule has 0 aliphatic heterocycles. The van der Waals surface area contributed by atoms with Gasteiger partial charge in [-0.1, -0.05) is 23.2 Å². The lowest BCUT2D eigenvalue weighted by Gasteiger charge is -2.00. The van der Waals surface area contributed by atoms with Gasteiger partial charge in [0.2, 0.25) is 0 Å². The van der Waals surface area contributed by atoms with Gasteiger partial charge < -0.3 is 0 Å². The van der Waals surface area contributed by atoms with Crippen molar-refractivity contribution in [2.45, 2.75) is 13.8 Å². The highest BCUT2D eigenvalue weighted by atomic mass is 35.5. The maximum atomic E-state index is 5.98. The molecule has 0 saturated carbocycles. The van der Waals surface area contributed by atoms with Crippen LogP contribution in [0, 0.1) is 13.8 Å². The predicted molar refractivity (Wildman–Crippen MR) is 50.3 cm³/mol. The standard InChI is InChI=1S/C7H6Cl2N4/c1-3-5(8)11-7-10-4(2)12-13(7)6(3)9/h1-2H3. The van der Waals surface area contributed by atoms with Crippen molar-refractivity contribution in [2.75, 3.05) is 0 Å². The Kier molecular flexibility index (Phi) is 1.89. The van der Waals surface area contributed by atoms with Crippen LogP contribution in [-0.4, -0.2) is 19.6 Å². The number of aryl methyl sites for hydroxylation is 1. The van der Waals surface area contributed by atoms with Gasteiger partial charge in [0.15, 0.2) is 0 Å². The van der Waals surface area contributed by atoms with Gasteiger partial charge in [-0.2, -0.15) is 14.5 Å². The molecule has 0 N–H and O–H groups in total. The van der Waals surface area contributed by atoms with Gasteiger partial charge in [0.1, 0.15) is 16.1 Å². The van der Waals surface area contributed by atoms with Gasteiger partial charge in [-0.15, -0.1) is 5.10 Å². The molecule has 0 aromatic carbocycles. The summed E-state index contributed by atoms with van der Waals surface area (Å²) in [5, 5.41) is 4.89. The van der Waals surface area contributed by atoms with E-state index in [0.29, 0.717) is 27.5 Å². The zero-order valence-electron chi connectivity index (χ0n) is 7.04. The first kappa shape index (κ1) is 8.72. The normalized spacial score (nSPS) is 11.1. The topological polar surface area (TPSA) is 43.1 Å². The summed E-state index contributed by atoms with van der Waals surface area (Å²) in [5.74, 6) is 1.05. The average molecular weight is 217 g/mol. The maximum Gasteiger partial charge on any atom is 0.255 e. The van der Waals surface area contributed by atoms with Crippen LogP contribution >= 0.6 is 23.2 Å². The van der Waals surface area contributed by atoms with Crippen molar-refractivity contribution in [1.82, 2.24) is 19.6 Å². The number of aromatic nitrogens is 4. The molecule has 0 saturated heterocycles. The molecule has 0 fully saturated rings. The Balaban J connectivity index is 2.92. The minimum absolute atomic E-state index is 0.366. The van der Waals surface area contributed by atoms with Gasteiger partial charge in [-0.05, 0) is 13.8 Å². The van der Waals surface area contributed by atoms with Crippen LogP contribution in [0.3, 0.4) is 0 Å². The van der Waals surface area contributed by atoms with E-state index >= 15 is 0 Å². The van der Waals surface area contributed by atoms with E-state index < -0.39 is 0 Å². The largest absolute Gasteiger partial charge is 0.255 e. The van der Waals surface area contributed by atoms with E-state index in [1.165, 1.54) is 4.52 Å². The van der Waals surface area contributed by atoms with Crippen LogP contribution in [0.5, 0.6) is 0 Å². The molecule has 2 aromatic heterocycles. The number of hydrogen-bond acceptors (Lipinski definition) is 3. The molecule has 2 aromatic rings. The first-order valence-electron chi connectivity index (χ1n) is 3.64. The van der Waals surface area contributed by atoms with E-state index in [1.54, 1.807) is 13.8 Å². The van der Waals surface area contributed by atoms with Gasteiger partial charge in [-0.25, -0.2) is 0 Å². The highest BCUT2D eigenvalue weighted by Crippen LogP contribution is 2.21. The first-order valence-corrected chi connectivity index (χ1v) is 4.40. The Hall–Kier alpha value is -0.870. The number of nitrogens with zero attached hydrogens (tertiary/aromatic N) is 4. The van der Waals surface area contributed by atoms with Crippen molar-refractivity contribution in [1.29, 1.82) is 0 Å². The van der Waals surface area contributed by atoms with E-state index in [1.807, 2.05) is 0 Å². The minimum atomic E-state index is 0.366. The van der Waals surface area contributed by atoms with Crippen LogP contribution in [0.2, 0.25) is 10.3 Å². The zero-order chi connectivity index (χ0) is 9.59. The molecule has 13 heavy (non-hydrogen) atoms. The van der Waals surface area contributed by atoms with Crippen molar-refractivity contribution in [3.8, 4) is 0 Å². The second kappa shape index (κ2) is 2.82. The Morgan fingerprint density at radius 1 is 1.15 bits per heavy atom. The molecule has 6 heteroatoms. The SMILES string of the molecule is Cc1nc2nc(Cl)c(C)c(Cl)n2n1. The summed E-state index contributed by atoms with van der Waals surface area (Å²) in [6, 6.07) is 0. The highest BCUT2D eigenvalue weighted by Gasteiger charge is 2.10. The fraction of sp³-hybridized carbons (Fsp3) is 0.286. The fourth-order valence-electron chi connectivity index (χ4n) is 1.02. The van der Waals surface area contributed by atoms with E-state index in [9.17, 15) is 0 Å². The summed E-state index contributed by atoms with van der Waals surface area (Å²) in [5.41, 5.74) is 0.709. The molecule has 0 bridgehead atoms. The lowest BCUT2D eigenvalue weighted by atomic mass is 10.4. The second-order valence-electron chi connectivity index (χ2n) is 2.69. The van der Waals surface area contributed by atoms with Crippen molar-refractivity contribution in [3.63, 3.8) is 0 Å². The zero-order valence-corrected chi connectivity index (χ0v) is 8.56. The highest BCUT2D eigenvalue weighted by molar-refractivity contribution is 6.34. The molecule has 0 aliphatic carbocycles. The monoisotopic (exact) mass is 216 g/mol. The van der Waals surface area contributed by atoms with E-state index in [-0.39, 0.29) is 0 Å². The predicted octanol–water partition coefficient (Wildman–Crippen LogP) is 2.05. The van der Waals surface area contributed by atoms with Gasteiger partial charge in [0.05, 0.1) is 0 Å². The number of fused-ring (bicyclic) bond motifs is 1. The molecule has 2 heterocycles. The molecular weight excluding hydrogens is 211 g/mol. The van der Waals surface area contributed by atoms with Gasteiger partial charge >= 0.3 is 0 Å². The quantitative estimate of drug-likeness (QED) is 0.634. The van der Waals surface area contributed by atoms with Crippen LogP contribution in [0.1, 0.15) is 11.4 Å². The third-order valence-corrected chi connectivity index (χ3v) is 2.51. The number of hydrogen-bond donors (Lipinski definition) is 0. The van der Waals surface area contributed by atoms with E-state index in [2.05, 4.69) is 15.1 Å². The molecule has 4 nitrogen and oxygen atoms in total. The third-order valence-electron chi connectivity index (χ3n) is 1.70. The van der Waals surface area contributed by atoms with Crippen molar-refractivity contribution in [3.05, 3.63) is 21.7 Å².